The van der Waals surface area contributed by atoms with Gasteiger partial charge >= 0.3 is 0 Å². The van der Waals surface area contributed by atoms with Gasteiger partial charge in [0.05, 0.1) is 5.52 Å². The number of hydrogen-bond donors (Lipinski definition) is 1. The Balaban J connectivity index is 2.26. The van der Waals surface area contributed by atoms with Gasteiger partial charge in [0, 0.05) is 18.0 Å². The van der Waals surface area contributed by atoms with Crippen LogP contribution in [-0.4, -0.2) is 17.0 Å². The molecule has 100 valence electrons. The second kappa shape index (κ2) is 4.93. The molecule has 1 N–H and O–H groups in total. The molecule has 3 nitrogen and oxygen atoms in total. The lowest BCUT2D eigenvalue weighted by molar-refractivity contribution is 1.20. The molecule has 0 spiro atoms. The Morgan fingerprint density at radius 1 is 0.950 bits per heavy atom. The molecule has 0 aliphatic rings. The zero-order valence-electron chi connectivity index (χ0n) is 11.9. The molecule has 3 heteroatoms. The maximum atomic E-state index is 4.69. The number of nitrogens with zero attached hydrogens (tertiary/aromatic N) is 2. The van der Waals surface area contributed by atoms with Crippen LogP contribution in [0.15, 0.2) is 42.5 Å². The van der Waals surface area contributed by atoms with Gasteiger partial charge in [-0.3, -0.25) is 0 Å². The van der Waals surface area contributed by atoms with Crippen molar-refractivity contribution >= 4 is 16.7 Å². The summed E-state index contributed by atoms with van der Waals surface area (Å²) in [4.78, 5) is 9.35. The van der Waals surface area contributed by atoms with E-state index in [4.69, 9.17) is 4.98 Å². The first-order valence-electron chi connectivity index (χ1n) is 6.71. The van der Waals surface area contributed by atoms with Crippen LogP contribution in [0.25, 0.3) is 22.3 Å². The fourth-order valence-corrected chi connectivity index (χ4v) is 2.45. The van der Waals surface area contributed by atoms with Crippen LogP contribution in [0.4, 0.5) is 5.82 Å². The van der Waals surface area contributed by atoms with Crippen molar-refractivity contribution in [3.8, 4) is 11.4 Å². The third-order valence-electron chi connectivity index (χ3n) is 3.46. The summed E-state index contributed by atoms with van der Waals surface area (Å²) < 4.78 is 0. The highest BCUT2D eigenvalue weighted by molar-refractivity contribution is 5.90. The molecule has 0 fully saturated rings. The summed E-state index contributed by atoms with van der Waals surface area (Å²) in [6.07, 6.45) is 0. The lowest BCUT2D eigenvalue weighted by atomic mass is 10.0. The molecule has 1 aromatic heterocycles. The fourth-order valence-electron chi connectivity index (χ4n) is 2.45. The van der Waals surface area contributed by atoms with Crippen LogP contribution in [0.5, 0.6) is 0 Å². The molecule has 0 atom stereocenters. The van der Waals surface area contributed by atoms with Gasteiger partial charge < -0.3 is 5.32 Å². The molecular formula is C17H17N3. The van der Waals surface area contributed by atoms with Gasteiger partial charge in [-0.2, -0.15) is 0 Å². The highest BCUT2D eigenvalue weighted by atomic mass is 15.0. The highest BCUT2D eigenvalue weighted by Gasteiger charge is 2.10. The van der Waals surface area contributed by atoms with Gasteiger partial charge in [0.2, 0.25) is 0 Å². The van der Waals surface area contributed by atoms with E-state index in [0.717, 1.165) is 28.1 Å². The summed E-state index contributed by atoms with van der Waals surface area (Å²) in [5.74, 6) is 1.64. The van der Waals surface area contributed by atoms with Crippen LogP contribution < -0.4 is 5.32 Å². The molecule has 0 bridgehead atoms. The van der Waals surface area contributed by atoms with Crippen molar-refractivity contribution in [3.05, 3.63) is 53.6 Å². The maximum absolute atomic E-state index is 4.69. The van der Waals surface area contributed by atoms with Gasteiger partial charge in [0.25, 0.3) is 0 Å². The fraction of sp³-hybridized carbons (Fsp3) is 0.176. The molecule has 0 unspecified atom stereocenters. The normalized spacial score (nSPS) is 10.8. The Morgan fingerprint density at radius 3 is 2.50 bits per heavy atom. The molecule has 3 rings (SSSR count). The van der Waals surface area contributed by atoms with Crippen LogP contribution in [-0.2, 0) is 0 Å². The van der Waals surface area contributed by atoms with E-state index >= 15 is 0 Å². The number of aryl methyl sites for hydroxylation is 2. The number of anilines is 1. The standard InChI is InChI=1S/C17H17N3/c1-11-8-9-13(12(2)10-11)17-19-15-7-5-4-6-14(15)16(18-3)20-17/h4-10H,1-3H3,(H,18,19,20). The lowest BCUT2D eigenvalue weighted by Crippen LogP contribution is -1.99. The van der Waals surface area contributed by atoms with Crippen LogP contribution in [0, 0.1) is 13.8 Å². The second-order valence-electron chi connectivity index (χ2n) is 4.98. The van der Waals surface area contributed by atoms with E-state index in [0.29, 0.717) is 0 Å². The van der Waals surface area contributed by atoms with E-state index in [-0.39, 0.29) is 0 Å². The monoisotopic (exact) mass is 263 g/mol. The van der Waals surface area contributed by atoms with Crippen LogP contribution >= 0.6 is 0 Å². The number of benzene rings is 2. The molecule has 0 aliphatic heterocycles. The van der Waals surface area contributed by atoms with Crippen molar-refractivity contribution in [1.82, 2.24) is 9.97 Å². The van der Waals surface area contributed by atoms with Crippen molar-refractivity contribution in [3.63, 3.8) is 0 Å². The Bertz CT molecular complexity index is 778. The zero-order valence-corrected chi connectivity index (χ0v) is 11.9. The van der Waals surface area contributed by atoms with E-state index in [1.807, 2.05) is 31.3 Å². The quantitative estimate of drug-likeness (QED) is 0.760. The summed E-state index contributed by atoms with van der Waals surface area (Å²) >= 11 is 0. The number of para-hydroxylation sites is 1. The van der Waals surface area contributed by atoms with Gasteiger partial charge in [0.15, 0.2) is 5.82 Å². The summed E-state index contributed by atoms with van der Waals surface area (Å²) in [6.45, 7) is 4.19. The van der Waals surface area contributed by atoms with E-state index in [1.165, 1.54) is 11.1 Å². The molecule has 1 heterocycles. The van der Waals surface area contributed by atoms with E-state index in [1.54, 1.807) is 0 Å². The number of fused-ring (bicyclic) bond motifs is 1. The Kier molecular flexibility index (Phi) is 3.11. The molecule has 20 heavy (non-hydrogen) atoms. The maximum Gasteiger partial charge on any atom is 0.162 e. The van der Waals surface area contributed by atoms with Crippen molar-refractivity contribution < 1.29 is 0 Å². The SMILES string of the molecule is CNc1nc(-c2ccc(C)cc2C)nc2ccccc12. The number of aromatic nitrogens is 2. The van der Waals surface area contributed by atoms with Crippen LogP contribution in [0.3, 0.4) is 0 Å². The third kappa shape index (κ3) is 2.11. The van der Waals surface area contributed by atoms with Crippen molar-refractivity contribution in [2.45, 2.75) is 13.8 Å². The van der Waals surface area contributed by atoms with Crippen LogP contribution in [0.1, 0.15) is 11.1 Å². The molecule has 0 radical (unpaired) electrons. The molecule has 0 amide bonds. The van der Waals surface area contributed by atoms with Gasteiger partial charge in [-0.25, -0.2) is 9.97 Å². The van der Waals surface area contributed by atoms with E-state index in [9.17, 15) is 0 Å². The molecule has 0 aliphatic carbocycles. The average molecular weight is 263 g/mol. The minimum absolute atomic E-state index is 0.769. The topological polar surface area (TPSA) is 37.8 Å². The Hall–Kier alpha value is -2.42. The second-order valence-corrected chi connectivity index (χ2v) is 4.98. The molecule has 0 saturated carbocycles. The minimum atomic E-state index is 0.769. The highest BCUT2D eigenvalue weighted by Crippen LogP contribution is 2.26. The average Bonchev–Trinajstić information content (AvgIpc) is 2.46. The molecular weight excluding hydrogens is 246 g/mol. The number of nitrogens with one attached hydrogen (secondary N) is 1. The molecule has 2 aromatic carbocycles. The van der Waals surface area contributed by atoms with E-state index < -0.39 is 0 Å². The van der Waals surface area contributed by atoms with Crippen molar-refractivity contribution in [2.24, 2.45) is 0 Å². The number of rotatable bonds is 2. The molecule has 3 aromatic rings. The predicted molar refractivity (Wildman–Crippen MR) is 84.0 cm³/mol. The summed E-state index contributed by atoms with van der Waals surface area (Å²) in [5, 5.41) is 4.20. The Morgan fingerprint density at radius 2 is 1.75 bits per heavy atom. The minimum Gasteiger partial charge on any atom is -0.373 e. The Labute approximate surface area is 118 Å². The van der Waals surface area contributed by atoms with Crippen molar-refractivity contribution in [2.75, 3.05) is 12.4 Å². The first kappa shape index (κ1) is 12.6. The lowest BCUT2D eigenvalue weighted by Gasteiger charge is -2.10. The summed E-state index contributed by atoms with van der Waals surface area (Å²) in [7, 11) is 1.89. The first-order chi connectivity index (χ1) is 9.69. The summed E-state index contributed by atoms with van der Waals surface area (Å²) in [5.41, 5.74) is 4.49. The van der Waals surface area contributed by atoms with Gasteiger partial charge in [-0.1, -0.05) is 35.9 Å². The largest absolute Gasteiger partial charge is 0.373 e. The van der Waals surface area contributed by atoms with Crippen LogP contribution in [0.2, 0.25) is 0 Å². The van der Waals surface area contributed by atoms with Gasteiger partial charge in [-0.05, 0) is 31.5 Å². The number of hydrogen-bond acceptors (Lipinski definition) is 3. The van der Waals surface area contributed by atoms with Gasteiger partial charge in [0.1, 0.15) is 5.82 Å². The molecule has 0 saturated heterocycles. The first-order valence-corrected chi connectivity index (χ1v) is 6.71. The predicted octanol–water partition coefficient (Wildman–Crippen LogP) is 3.96. The van der Waals surface area contributed by atoms with Crippen molar-refractivity contribution in [1.29, 1.82) is 0 Å². The smallest absolute Gasteiger partial charge is 0.162 e. The van der Waals surface area contributed by atoms with E-state index in [2.05, 4.69) is 42.3 Å². The van der Waals surface area contributed by atoms with Gasteiger partial charge in [-0.15, -0.1) is 0 Å². The summed E-state index contributed by atoms with van der Waals surface area (Å²) in [6, 6.07) is 14.4. The zero-order chi connectivity index (χ0) is 14.1. The third-order valence-corrected chi connectivity index (χ3v) is 3.46.